The lowest BCUT2D eigenvalue weighted by Gasteiger charge is -2.45. The molecule has 0 radical (unpaired) electrons. The van der Waals surface area contributed by atoms with E-state index in [1.54, 1.807) is 6.92 Å². The maximum Gasteiger partial charge on any atom is 0.0639 e. The lowest BCUT2D eigenvalue weighted by Crippen LogP contribution is -2.66. The van der Waals surface area contributed by atoms with Gasteiger partial charge in [0.1, 0.15) is 0 Å². The summed E-state index contributed by atoms with van der Waals surface area (Å²) >= 11 is 0. The zero-order valence-corrected chi connectivity index (χ0v) is 6.67. The first-order valence-electron chi connectivity index (χ1n) is 3.69. The first kappa shape index (κ1) is 7.98. The highest BCUT2D eigenvalue weighted by molar-refractivity contribution is 4.96. The highest BCUT2D eigenvalue weighted by Crippen LogP contribution is 2.16. The minimum atomic E-state index is -0.226. The summed E-state index contributed by atoms with van der Waals surface area (Å²) in [6.45, 7) is 6.42. The van der Waals surface area contributed by atoms with Crippen molar-refractivity contribution in [2.24, 2.45) is 5.73 Å². The fourth-order valence-electron chi connectivity index (χ4n) is 1.48. The molecule has 10 heavy (non-hydrogen) atoms. The van der Waals surface area contributed by atoms with E-state index in [0.29, 0.717) is 0 Å². The van der Waals surface area contributed by atoms with Gasteiger partial charge in [0.15, 0.2) is 0 Å². The SMILES string of the molecule is CC(O)CN1CC(C)(N)C1. The maximum atomic E-state index is 8.98. The lowest BCUT2D eigenvalue weighted by molar-refractivity contribution is 0.0376. The largest absolute Gasteiger partial charge is 0.392 e. The standard InChI is InChI=1S/C7H16N2O/c1-6(10)3-9-4-7(2,8)5-9/h6,10H,3-5,8H2,1-2H3. The lowest BCUT2D eigenvalue weighted by atomic mass is 9.93. The van der Waals surface area contributed by atoms with Crippen LogP contribution in [-0.4, -0.2) is 41.3 Å². The van der Waals surface area contributed by atoms with Crippen LogP contribution < -0.4 is 5.73 Å². The number of nitrogens with zero attached hydrogens (tertiary/aromatic N) is 1. The molecule has 1 rings (SSSR count). The number of aliphatic hydroxyl groups excluding tert-OH is 1. The van der Waals surface area contributed by atoms with Crippen molar-refractivity contribution in [1.82, 2.24) is 4.90 Å². The second-order valence-corrected chi connectivity index (χ2v) is 3.67. The van der Waals surface area contributed by atoms with Crippen molar-refractivity contribution >= 4 is 0 Å². The van der Waals surface area contributed by atoms with Gasteiger partial charge in [-0.15, -0.1) is 0 Å². The first-order chi connectivity index (χ1) is 4.49. The zero-order valence-electron chi connectivity index (χ0n) is 6.67. The number of hydrogen-bond acceptors (Lipinski definition) is 3. The Labute approximate surface area is 61.8 Å². The number of rotatable bonds is 2. The zero-order chi connectivity index (χ0) is 7.78. The van der Waals surface area contributed by atoms with E-state index in [9.17, 15) is 0 Å². The van der Waals surface area contributed by atoms with Gasteiger partial charge < -0.3 is 10.8 Å². The Balaban J connectivity index is 2.15. The maximum absolute atomic E-state index is 8.98. The van der Waals surface area contributed by atoms with Gasteiger partial charge in [0.2, 0.25) is 0 Å². The predicted octanol–water partition coefficient (Wildman–Crippen LogP) is -0.600. The quantitative estimate of drug-likeness (QED) is 0.544. The molecule has 0 bridgehead atoms. The van der Waals surface area contributed by atoms with Crippen LogP contribution in [0, 0.1) is 0 Å². The molecule has 0 aromatic rings. The van der Waals surface area contributed by atoms with Crippen molar-refractivity contribution in [1.29, 1.82) is 0 Å². The molecule has 60 valence electrons. The molecule has 3 N–H and O–H groups in total. The van der Waals surface area contributed by atoms with Gasteiger partial charge in [-0.1, -0.05) is 0 Å². The van der Waals surface area contributed by atoms with E-state index in [1.807, 2.05) is 6.92 Å². The fourth-order valence-corrected chi connectivity index (χ4v) is 1.48. The van der Waals surface area contributed by atoms with Gasteiger partial charge in [-0.2, -0.15) is 0 Å². The molecule has 1 saturated heterocycles. The van der Waals surface area contributed by atoms with Crippen LogP contribution in [-0.2, 0) is 0 Å². The van der Waals surface area contributed by atoms with E-state index in [-0.39, 0.29) is 11.6 Å². The van der Waals surface area contributed by atoms with Crippen LogP contribution in [0.2, 0.25) is 0 Å². The molecule has 1 fully saturated rings. The molecule has 0 aliphatic carbocycles. The monoisotopic (exact) mass is 144 g/mol. The number of hydrogen-bond donors (Lipinski definition) is 2. The second-order valence-electron chi connectivity index (χ2n) is 3.67. The molecular formula is C7H16N2O. The van der Waals surface area contributed by atoms with Crippen LogP contribution in [0.15, 0.2) is 0 Å². The summed E-state index contributed by atoms with van der Waals surface area (Å²) in [5.74, 6) is 0. The summed E-state index contributed by atoms with van der Waals surface area (Å²) in [5.41, 5.74) is 5.76. The third-order valence-corrected chi connectivity index (χ3v) is 1.69. The molecule has 0 spiro atoms. The first-order valence-corrected chi connectivity index (χ1v) is 3.69. The topological polar surface area (TPSA) is 49.5 Å². The number of likely N-dealkylation sites (tertiary alicyclic amines) is 1. The molecule has 0 amide bonds. The fraction of sp³-hybridized carbons (Fsp3) is 1.00. The average Bonchev–Trinajstić information content (AvgIpc) is 1.57. The van der Waals surface area contributed by atoms with Crippen molar-refractivity contribution in [3.8, 4) is 0 Å². The summed E-state index contributed by atoms with van der Waals surface area (Å²) < 4.78 is 0. The molecular weight excluding hydrogens is 128 g/mol. The molecule has 3 heteroatoms. The minimum Gasteiger partial charge on any atom is -0.392 e. The van der Waals surface area contributed by atoms with Crippen LogP contribution in [0.4, 0.5) is 0 Å². The van der Waals surface area contributed by atoms with Gasteiger partial charge in [-0.3, -0.25) is 4.90 Å². The van der Waals surface area contributed by atoms with Crippen molar-refractivity contribution in [3.05, 3.63) is 0 Å². The van der Waals surface area contributed by atoms with Crippen molar-refractivity contribution in [2.75, 3.05) is 19.6 Å². The molecule has 0 aromatic carbocycles. The van der Waals surface area contributed by atoms with E-state index in [1.165, 1.54) is 0 Å². The Kier molecular flexibility index (Phi) is 1.99. The van der Waals surface area contributed by atoms with Crippen LogP contribution in [0.25, 0.3) is 0 Å². The van der Waals surface area contributed by atoms with Crippen LogP contribution in [0.3, 0.4) is 0 Å². The van der Waals surface area contributed by atoms with Gasteiger partial charge in [0, 0.05) is 25.2 Å². The Morgan fingerprint density at radius 3 is 2.50 bits per heavy atom. The summed E-state index contributed by atoms with van der Waals surface area (Å²) in [5, 5.41) is 8.98. The van der Waals surface area contributed by atoms with E-state index in [0.717, 1.165) is 19.6 Å². The molecule has 1 aliphatic rings. The van der Waals surface area contributed by atoms with E-state index in [2.05, 4.69) is 4.90 Å². The summed E-state index contributed by atoms with van der Waals surface area (Å²) in [7, 11) is 0. The predicted molar refractivity (Wildman–Crippen MR) is 40.7 cm³/mol. The molecule has 0 aromatic heterocycles. The summed E-state index contributed by atoms with van der Waals surface area (Å²) in [4.78, 5) is 2.16. The molecule has 0 saturated carbocycles. The van der Waals surface area contributed by atoms with Crippen LogP contribution in [0.1, 0.15) is 13.8 Å². The van der Waals surface area contributed by atoms with Gasteiger partial charge in [0.05, 0.1) is 6.10 Å². The number of β-amino-alcohol motifs (C(OH)–C–C–N with tert-alkyl or cyclic N) is 1. The Bertz CT molecular complexity index is 112. The molecule has 1 unspecified atom stereocenters. The third kappa shape index (κ3) is 1.94. The average molecular weight is 144 g/mol. The Morgan fingerprint density at radius 2 is 2.20 bits per heavy atom. The van der Waals surface area contributed by atoms with Crippen molar-refractivity contribution in [2.45, 2.75) is 25.5 Å². The Hall–Kier alpha value is -0.120. The van der Waals surface area contributed by atoms with Gasteiger partial charge in [-0.05, 0) is 13.8 Å². The number of nitrogens with two attached hydrogens (primary N) is 1. The normalized spacial score (nSPS) is 27.6. The van der Waals surface area contributed by atoms with Crippen molar-refractivity contribution in [3.63, 3.8) is 0 Å². The smallest absolute Gasteiger partial charge is 0.0639 e. The molecule has 1 atom stereocenters. The van der Waals surface area contributed by atoms with Crippen LogP contribution in [0.5, 0.6) is 0 Å². The van der Waals surface area contributed by atoms with E-state index < -0.39 is 0 Å². The Morgan fingerprint density at radius 1 is 1.70 bits per heavy atom. The highest BCUT2D eigenvalue weighted by Gasteiger charge is 2.34. The molecule has 1 heterocycles. The van der Waals surface area contributed by atoms with Gasteiger partial charge >= 0.3 is 0 Å². The van der Waals surface area contributed by atoms with Crippen LogP contribution >= 0.6 is 0 Å². The number of aliphatic hydroxyl groups is 1. The minimum absolute atomic E-state index is 0.00507. The summed E-state index contributed by atoms with van der Waals surface area (Å²) in [6.07, 6.45) is -0.226. The van der Waals surface area contributed by atoms with E-state index in [4.69, 9.17) is 10.8 Å². The second kappa shape index (κ2) is 2.49. The molecule has 3 nitrogen and oxygen atoms in total. The van der Waals surface area contributed by atoms with Gasteiger partial charge in [-0.25, -0.2) is 0 Å². The summed E-state index contributed by atoms with van der Waals surface area (Å²) in [6, 6.07) is 0. The van der Waals surface area contributed by atoms with E-state index >= 15 is 0 Å². The van der Waals surface area contributed by atoms with Gasteiger partial charge in [0.25, 0.3) is 0 Å². The van der Waals surface area contributed by atoms with Crippen molar-refractivity contribution < 1.29 is 5.11 Å². The highest BCUT2D eigenvalue weighted by atomic mass is 16.3. The molecule has 1 aliphatic heterocycles. The third-order valence-electron chi connectivity index (χ3n) is 1.69.